The molecule has 3 rings (SSSR count). The van der Waals surface area contributed by atoms with Crippen LogP contribution in [0.3, 0.4) is 0 Å². The van der Waals surface area contributed by atoms with Crippen LogP contribution in [-0.2, 0) is 19.3 Å². The predicted molar refractivity (Wildman–Crippen MR) is 51.0 cm³/mol. The number of hydrogen-bond donors (Lipinski definition) is 0. The molecular weight excluding hydrogens is 160 g/mol. The van der Waals surface area contributed by atoms with Gasteiger partial charge in [0.25, 0.3) is 0 Å². The summed E-state index contributed by atoms with van der Waals surface area (Å²) in [6.07, 6.45) is 6.84. The largest absolute Gasteiger partial charge is 0.289 e. The molecule has 2 aliphatic rings. The first-order valence-corrected chi connectivity index (χ1v) is 4.71. The monoisotopic (exact) mass is 170 g/mol. The van der Waals surface area contributed by atoms with E-state index in [-0.39, 0.29) is 5.78 Å². The Hall–Kier alpha value is -1.37. The zero-order valence-electron chi connectivity index (χ0n) is 7.34. The molecule has 2 aliphatic carbocycles. The third-order valence-electron chi connectivity index (χ3n) is 2.99. The van der Waals surface area contributed by atoms with Crippen molar-refractivity contribution < 1.29 is 4.79 Å². The first-order valence-electron chi connectivity index (χ1n) is 4.71. The van der Waals surface area contributed by atoms with Crippen LogP contribution in [-0.4, -0.2) is 5.78 Å². The number of ketones is 1. The second-order valence-electron chi connectivity index (χ2n) is 3.71. The maximum absolute atomic E-state index is 11.6. The van der Waals surface area contributed by atoms with Crippen LogP contribution in [0.25, 0.3) is 0 Å². The first-order chi connectivity index (χ1) is 6.36. The number of carbonyl (C=O) groups excluding carboxylic acids is 1. The van der Waals surface area contributed by atoms with Crippen LogP contribution in [0.4, 0.5) is 0 Å². The molecule has 1 nitrogen and oxygen atoms in total. The van der Waals surface area contributed by atoms with E-state index in [4.69, 9.17) is 0 Å². The molecule has 1 heteroatoms. The van der Waals surface area contributed by atoms with Crippen molar-refractivity contribution >= 4 is 5.78 Å². The summed E-state index contributed by atoms with van der Waals surface area (Å²) >= 11 is 0. The lowest BCUT2D eigenvalue weighted by Gasteiger charge is -2.24. The number of aryl methyl sites for hydroxylation is 1. The predicted octanol–water partition coefficient (Wildman–Crippen LogP) is 2.08. The van der Waals surface area contributed by atoms with Gasteiger partial charge in [0.2, 0.25) is 0 Å². The van der Waals surface area contributed by atoms with Crippen molar-refractivity contribution in [3.8, 4) is 0 Å². The van der Waals surface area contributed by atoms with Crippen molar-refractivity contribution in [3.63, 3.8) is 0 Å². The van der Waals surface area contributed by atoms with Gasteiger partial charge in [-0.05, 0) is 42.0 Å². The summed E-state index contributed by atoms with van der Waals surface area (Å²) in [4.78, 5) is 11.6. The SMILES string of the molecule is O=C1C=CCc2ccc3c(c21)CC3. The minimum absolute atomic E-state index is 0.206. The highest BCUT2D eigenvalue weighted by molar-refractivity contribution is 6.08. The van der Waals surface area contributed by atoms with Crippen LogP contribution in [0.2, 0.25) is 0 Å². The number of fused-ring (bicyclic) bond motifs is 3. The lowest BCUT2D eigenvalue weighted by atomic mass is 9.79. The summed E-state index contributed by atoms with van der Waals surface area (Å²) < 4.78 is 0. The molecule has 13 heavy (non-hydrogen) atoms. The Morgan fingerprint density at radius 3 is 2.69 bits per heavy atom. The molecule has 0 unspecified atom stereocenters. The maximum Gasteiger partial charge on any atom is 0.186 e. The van der Waals surface area contributed by atoms with Crippen LogP contribution in [0.5, 0.6) is 0 Å². The number of rotatable bonds is 0. The van der Waals surface area contributed by atoms with E-state index in [0.29, 0.717) is 0 Å². The van der Waals surface area contributed by atoms with Gasteiger partial charge in [-0.25, -0.2) is 0 Å². The van der Waals surface area contributed by atoms with Gasteiger partial charge in [-0.15, -0.1) is 0 Å². The normalized spacial score (nSPS) is 17.7. The van der Waals surface area contributed by atoms with Crippen LogP contribution in [0.1, 0.15) is 27.0 Å². The molecule has 0 heterocycles. The fourth-order valence-corrected chi connectivity index (χ4v) is 2.20. The van der Waals surface area contributed by atoms with Crippen LogP contribution < -0.4 is 0 Å². The Balaban J connectivity index is 2.29. The third kappa shape index (κ3) is 0.844. The summed E-state index contributed by atoms with van der Waals surface area (Å²) in [6.45, 7) is 0. The van der Waals surface area contributed by atoms with Crippen LogP contribution in [0, 0.1) is 0 Å². The van der Waals surface area contributed by atoms with E-state index in [1.54, 1.807) is 6.08 Å². The first kappa shape index (κ1) is 7.07. The van der Waals surface area contributed by atoms with E-state index < -0.39 is 0 Å². The molecule has 0 N–H and O–H groups in total. The average molecular weight is 170 g/mol. The van der Waals surface area contributed by atoms with E-state index in [1.807, 2.05) is 6.08 Å². The molecule has 0 saturated carbocycles. The van der Waals surface area contributed by atoms with E-state index in [1.165, 1.54) is 16.7 Å². The van der Waals surface area contributed by atoms with Gasteiger partial charge in [0.15, 0.2) is 5.78 Å². The van der Waals surface area contributed by atoms with Crippen molar-refractivity contribution in [2.75, 3.05) is 0 Å². The molecule has 0 fully saturated rings. The summed E-state index contributed by atoms with van der Waals surface area (Å²) in [6, 6.07) is 4.28. The number of carbonyl (C=O) groups is 1. The number of allylic oxidation sites excluding steroid dienone is 2. The molecule has 0 amide bonds. The van der Waals surface area contributed by atoms with Crippen LogP contribution in [0.15, 0.2) is 24.3 Å². The molecule has 0 saturated heterocycles. The Kier molecular flexibility index (Phi) is 1.26. The topological polar surface area (TPSA) is 17.1 Å². The Labute approximate surface area is 77.1 Å². The fourth-order valence-electron chi connectivity index (χ4n) is 2.20. The third-order valence-corrected chi connectivity index (χ3v) is 2.99. The molecule has 1 aromatic carbocycles. The van der Waals surface area contributed by atoms with Gasteiger partial charge in [0.05, 0.1) is 0 Å². The second-order valence-corrected chi connectivity index (χ2v) is 3.71. The quantitative estimate of drug-likeness (QED) is 0.582. The molecule has 0 atom stereocenters. The number of benzene rings is 1. The van der Waals surface area contributed by atoms with E-state index in [0.717, 1.165) is 24.8 Å². The molecule has 64 valence electrons. The molecule has 0 radical (unpaired) electrons. The van der Waals surface area contributed by atoms with Gasteiger partial charge in [-0.1, -0.05) is 18.2 Å². The Morgan fingerprint density at radius 2 is 1.92 bits per heavy atom. The fraction of sp³-hybridized carbons (Fsp3) is 0.250. The standard InChI is InChI=1S/C12H10O/c13-11-3-1-2-9-5-4-8-6-7-10(8)12(9)11/h1,3-5H,2,6-7H2. The Morgan fingerprint density at radius 1 is 1.08 bits per heavy atom. The summed E-state index contributed by atoms with van der Waals surface area (Å²) in [5, 5.41) is 0. The maximum atomic E-state index is 11.6. The van der Waals surface area contributed by atoms with E-state index in [2.05, 4.69) is 12.1 Å². The van der Waals surface area contributed by atoms with Gasteiger partial charge in [0.1, 0.15) is 0 Å². The average Bonchev–Trinajstić information content (AvgIpc) is 2.07. The van der Waals surface area contributed by atoms with Gasteiger partial charge in [0, 0.05) is 5.56 Å². The Bertz CT molecular complexity index is 427. The molecule has 0 spiro atoms. The lowest BCUT2D eigenvalue weighted by molar-refractivity contribution is 0.104. The summed E-state index contributed by atoms with van der Waals surface area (Å²) in [5.41, 5.74) is 4.91. The second kappa shape index (κ2) is 2.32. The summed E-state index contributed by atoms with van der Waals surface area (Å²) in [7, 11) is 0. The smallest absolute Gasteiger partial charge is 0.186 e. The van der Waals surface area contributed by atoms with E-state index in [9.17, 15) is 4.79 Å². The molecule has 1 aromatic rings. The number of hydrogen-bond acceptors (Lipinski definition) is 1. The van der Waals surface area contributed by atoms with Crippen molar-refractivity contribution in [2.24, 2.45) is 0 Å². The highest BCUT2D eigenvalue weighted by Gasteiger charge is 2.23. The van der Waals surface area contributed by atoms with Crippen molar-refractivity contribution in [1.29, 1.82) is 0 Å². The van der Waals surface area contributed by atoms with Gasteiger partial charge in [-0.2, -0.15) is 0 Å². The van der Waals surface area contributed by atoms with Gasteiger partial charge in [-0.3, -0.25) is 4.79 Å². The minimum Gasteiger partial charge on any atom is -0.289 e. The lowest BCUT2D eigenvalue weighted by Crippen LogP contribution is -2.18. The molecule has 0 aromatic heterocycles. The minimum atomic E-state index is 0.206. The van der Waals surface area contributed by atoms with Crippen molar-refractivity contribution in [1.82, 2.24) is 0 Å². The summed E-state index contributed by atoms with van der Waals surface area (Å²) in [5.74, 6) is 0.206. The van der Waals surface area contributed by atoms with Crippen molar-refractivity contribution in [2.45, 2.75) is 19.3 Å². The highest BCUT2D eigenvalue weighted by atomic mass is 16.1. The van der Waals surface area contributed by atoms with Gasteiger partial charge < -0.3 is 0 Å². The van der Waals surface area contributed by atoms with Crippen LogP contribution >= 0.6 is 0 Å². The molecule has 0 aliphatic heterocycles. The highest BCUT2D eigenvalue weighted by Crippen LogP contribution is 2.31. The van der Waals surface area contributed by atoms with Crippen molar-refractivity contribution in [3.05, 3.63) is 46.5 Å². The van der Waals surface area contributed by atoms with E-state index >= 15 is 0 Å². The zero-order valence-corrected chi connectivity index (χ0v) is 7.34. The van der Waals surface area contributed by atoms with Gasteiger partial charge >= 0.3 is 0 Å². The molecular formula is C12H10O. The molecule has 0 bridgehead atoms. The zero-order chi connectivity index (χ0) is 8.84.